The van der Waals surface area contributed by atoms with Gasteiger partial charge in [-0.15, -0.1) is 0 Å². The zero-order chi connectivity index (χ0) is 21.2. The average molecular weight is 405 g/mol. The zero-order valence-electron chi connectivity index (χ0n) is 16.4. The Morgan fingerprint density at radius 3 is 2.69 bits per heavy atom. The number of ether oxygens (including phenoxy) is 3. The van der Waals surface area contributed by atoms with Crippen molar-refractivity contribution in [1.29, 1.82) is 0 Å². The Bertz CT molecular complexity index is 844. The van der Waals surface area contributed by atoms with Crippen LogP contribution in [0.2, 0.25) is 0 Å². The minimum absolute atomic E-state index is 0.207. The Morgan fingerprint density at radius 1 is 1.21 bits per heavy atom. The van der Waals surface area contributed by atoms with Gasteiger partial charge in [0.05, 0.1) is 23.4 Å². The molecule has 2 aromatic rings. The molecular formula is C19H23N3O7. The number of urea groups is 1. The van der Waals surface area contributed by atoms with Gasteiger partial charge in [-0.3, -0.25) is 10.1 Å². The molecule has 10 nitrogen and oxygen atoms in total. The van der Waals surface area contributed by atoms with Gasteiger partial charge in [-0.2, -0.15) is 0 Å². The Hall–Kier alpha value is -3.40. The Balaban J connectivity index is 1.82. The lowest BCUT2D eigenvalue weighted by molar-refractivity contribution is -0.123. The van der Waals surface area contributed by atoms with E-state index >= 15 is 0 Å². The van der Waals surface area contributed by atoms with Crippen molar-refractivity contribution < 1.29 is 33.1 Å². The molecule has 3 amide bonds. The van der Waals surface area contributed by atoms with E-state index in [-0.39, 0.29) is 18.7 Å². The highest BCUT2D eigenvalue weighted by atomic mass is 16.5. The van der Waals surface area contributed by atoms with Crippen LogP contribution in [0.5, 0.6) is 5.75 Å². The number of amides is 3. The van der Waals surface area contributed by atoms with Gasteiger partial charge in [0.25, 0.3) is 5.91 Å². The number of hydrogen-bond acceptors (Lipinski definition) is 8. The van der Waals surface area contributed by atoms with Gasteiger partial charge in [-0.1, -0.05) is 11.2 Å². The summed E-state index contributed by atoms with van der Waals surface area (Å²) in [6.45, 7) is 3.80. The van der Waals surface area contributed by atoms with Crippen LogP contribution in [0.15, 0.2) is 28.8 Å². The summed E-state index contributed by atoms with van der Waals surface area (Å²) < 4.78 is 20.4. The summed E-state index contributed by atoms with van der Waals surface area (Å²) in [5, 5.41) is 8.31. The topological polar surface area (TPSA) is 129 Å². The molecule has 29 heavy (non-hydrogen) atoms. The van der Waals surface area contributed by atoms with Crippen LogP contribution in [0.1, 0.15) is 27.4 Å². The number of nitrogens with zero attached hydrogens (tertiary/aromatic N) is 1. The first kappa shape index (κ1) is 21.9. The highest BCUT2D eigenvalue weighted by Gasteiger charge is 2.14. The second-order valence-electron chi connectivity index (χ2n) is 5.99. The van der Waals surface area contributed by atoms with Crippen molar-refractivity contribution in [3.8, 4) is 5.75 Å². The molecule has 0 saturated carbocycles. The van der Waals surface area contributed by atoms with Crippen LogP contribution in [-0.4, -0.2) is 49.9 Å². The van der Waals surface area contributed by atoms with Gasteiger partial charge in [-0.25, -0.2) is 9.59 Å². The molecular weight excluding hydrogens is 382 g/mol. The molecule has 0 aliphatic rings. The Kier molecular flexibility index (Phi) is 8.16. The lowest BCUT2D eigenvalue weighted by Gasteiger charge is -2.09. The number of hydrogen-bond donors (Lipinski definition) is 2. The van der Waals surface area contributed by atoms with Crippen LogP contribution in [0.3, 0.4) is 0 Å². The first-order chi connectivity index (χ1) is 13.9. The summed E-state index contributed by atoms with van der Waals surface area (Å²) in [6, 6.07) is 5.64. The summed E-state index contributed by atoms with van der Waals surface area (Å²) in [7, 11) is 1.49. The van der Waals surface area contributed by atoms with E-state index in [1.165, 1.54) is 19.2 Å². The average Bonchev–Trinajstić information content (AvgIpc) is 3.02. The molecule has 156 valence electrons. The van der Waals surface area contributed by atoms with Crippen LogP contribution >= 0.6 is 0 Å². The van der Waals surface area contributed by atoms with E-state index in [1.807, 2.05) is 12.2 Å². The Labute approximate surface area is 167 Å². The monoisotopic (exact) mass is 405 g/mol. The van der Waals surface area contributed by atoms with Crippen LogP contribution in [0.25, 0.3) is 0 Å². The molecule has 1 aromatic carbocycles. The quantitative estimate of drug-likeness (QED) is 0.474. The second kappa shape index (κ2) is 10.8. The molecule has 0 bridgehead atoms. The minimum atomic E-state index is -0.751. The third kappa shape index (κ3) is 6.92. The maximum Gasteiger partial charge on any atom is 0.338 e. The number of imide groups is 1. The summed E-state index contributed by atoms with van der Waals surface area (Å²) in [6.07, 6.45) is 0. The smallest absolute Gasteiger partial charge is 0.338 e. The molecule has 0 saturated heterocycles. The molecule has 0 aliphatic carbocycles. The number of nitrogens with one attached hydrogen (secondary N) is 2. The predicted molar refractivity (Wildman–Crippen MR) is 100 cm³/mol. The van der Waals surface area contributed by atoms with Crippen LogP contribution < -0.4 is 15.4 Å². The lowest BCUT2D eigenvalue weighted by Crippen LogP contribution is -2.42. The number of methoxy groups -OCH3 is 1. The SMILES string of the molecule is COCCNC(=O)NC(=O)COC(=O)c1cccc(OCc2c(C)noc2C)c1. The largest absolute Gasteiger partial charge is 0.489 e. The van der Waals surface area contributed by atoms with E-state index in [9.17, 15) is 14.4 Å². The number of carbonyl (C=O) groups is 3. The lowest BCUT2D eigenvalue weighted by atomic mass is 10.2. The van der Waals surface area contributed by atoms with Gasteiger partial charge in [0.2, 0.25) is 0 Å². The molecule has 0 spiro atoms. The fourth-order valence-electron chi connectivity index (χ4n) is 2.26. The number of carbonyl (C=O) groups excluding carboxylic acids is 3. The molecule has 0 radical (unpaired) electrons. The molecule has 2 N–H and O–H groups in total. The third-order valence-electron chi connectivity index (χ3n) is 3.81. The number of aromatic nitrogens is 1. The van der Waals surface area contributed by atoms with E-state index in [2.05, 4.69) is 10.5 Å². The number of aryl methyl sites for hydroxylation is 2. The van der Waals surface area contributed by atoms with Crippen molar-refractivity contribution in [3.63, 3.8) is 0 Å². The van der Waals surface area contributed by atoms with E-state index in [0.717, 1.165) is 11.3 Å². The van der Waals surface area contributed by atoms with Gasteiger partial charge < -0.3 is 24.1 Å². The van der Waals surface area contributed by atoms with E-state index < -0.39 is 24.5 Å². The van der Waals surface area contributed by atoms with Crippen molar-refractivity contribution in [2.24, 2.45) is 0 Å². The molecule has 0 aliphatic heterocycles. The third-order valence-corrected chi connectivity index (χ3v) is 3.81. The van der Waals surface area contributed by atoms with Gasteiger partial charge in [0, 0.05) is 13.7 Å². The Morgan fingerprint density at radius 2 is 2.00 bits per heavy atom. The summed E-state index contributed by atoms with van der Waals surface area (Å²) in [4.78, 5) is 35.2. The zero-order valence-corrected chi connectivity index (χ0v) is 16.4. The summed E-state index contributed by atoms with van der Waals surface area (Å²) in [5.74, 6) is -0.362. The first-order valence-corrected chi connectivity index (χ1v) is 8.79. The van der Waals surface area contributed by atoms with Crippen LogP contribution in [0, 0.1) is 13.8 Å². The van der Waals surface area contributed by atoms with Crippen molar-refractivity contribution in [1.82, 2.24) is 15.8 Å². The predicted octanol–water partition coefficient (Wildman–Crippen LogP) is 1.50. The molecule has 10 heteroatoms. The molecule has 1 aromatic heterocycles. The molecule has 0 atom stereocenters. The minimum Gasteiger partial charge on any atom is -0.489 e. The fourth-order valence-corrected chi connectivity index (χ4v) is 2.26. The van der Waals surface area contributed by atoms with Crippen molar-refractivity contribution in [2.75, 3.05) is 26.9 Å². The molecule has 0 fully saturated rings. The van der Waals surface area contributed by atoms with Crippen molar-refractivity contribution in [2.45, 2.75) is 20.5 Å². The van der Waals surface area contributed by atoms with Gasteiger partial charge in [-0.05, 0) is 32.0 Å². The number of rotatable bonds is 9. The van der Waals surface area contributed by atoms with Gasteiger partial charge >= 0.3 is 12.0 Å². The summed E-state index contributed by atoms with van der Waals surface area (Å²) >= 11 is 0. The van der Waals surface area contributed by atoms with Gasteiger partial charge in [0.1, 0.15) is 18.1 Å². The number of esters is 1. The molecule has 1 heterocycles. The van der Waals surface area contributed by atoms with Crippen molar-refractivity contribution in [3.05, 3.63) is 46.8 Å². The number of benzene rings is 1. The van der Waals surface area contributed by atoms with Crippen LogP contribution in [-0.2, 0) is 20.9 Å². The van der Waals surface area contributed by atoms with Gasteiger partial charge in [0.15, 0.2) is 6.61 Å². The highest BCUT2D eigenvalue weighted by molar-refractivity contribution is 5.97. The molecule has 0 unspecified atom stereocenters. The normalized spacial score (nSPS) is 10.3. The maximum atomic E-state index is 12.1. The fraction of sp³-hybridized carbons (Fsp3) is 0.368. The van der Waals surface area contributed by atoms with Crippen molar-refractivity contribution >= 4 is 17.9 Å². The van der Waals surface area contributed by atoms with E-state index in [1.54, 1.807) is 19.1 Å². The van der Waals surface area contributed by atoms with Crippen LogP contribution in [0.4, 0.5) is 4.79 Å². The standard InChI is InChI=1S/C19H23N3O7/c1-12-16(13(2)29-22-12)10-27-15-6-4-5-14(9-15)18(24)28-11-17(23)21-19(25)20-7-8-26-3/h4-6,9H,7-8,10-11H2,1-3H3,(H2,20,21,23,25). The summed E-state index contributed by atoms with van der Waals surface area (Å²) in [5.41, 5.74) is 1.77. The second-order valence-corrected chi connectivity index (χ2v) is 5.99. The maximum absolute atomic E-state index is 12.1. The molecule has 2 rings (SSSR count). The van der Waals surface area contributed by atoms with E-state index in [0.29, 0.717) is 18.1 Å². The van der Waals surface area contributed by atoms with E-state index in [4.69, 9.17) is 18.7 Å². The first-order valence-electron chi connectivity index (χ1n) is 8.79. The highest BCUT2D eigenvalue weighted by Crippen LogP contribution is 2.19.